The third-order valence-electron chi connectivity index (χ3n) is 2.43. The maximum atomic E-state index is 10.8. The van der Waals surface area contributed by atoms with E-state index in [-0.39, 0.29) is 5.97 Å². The largest absolute Gasteiger partial charge is 0.466 e. The molecule has 1 heterocycles. The molecule has 0 aromatic heterocycles. The minimum absolute atomic E-state index is 0.297. The Morgan fingerprint density at radius 2 is 2.40 bits per heavy atom. The summed E-state index contributed by atoms with van der Waals surface area (Å²) in [6.07, 6.45) is 6.95. The van der Waals surface area contributed by atoms with Gasteiger partial charge in [0.05, 0.1) is 13.2 Å². The van der Waals surface area contributed by atoms with Gasteiger partial charge in [-0.2, -0.15) is 0 Å². The molecule has 0 spiro atoms. The number of esters is 1. The van der Waals surface area contributed by atoms with Crippen molar-refractivity contribution in [2.45, 2.75) is 25.4 Å². The van der Waals surface area contributed by atoms with E-state index >= 15 is 0 Å². The fourth-order valence-corrected chi connectivity index (χ4v) is 1.59. The van der Waals surface area contributed by atoms with Gasteiger partial charge in [0, 0.05) is 32.5 Å². The fourth-order valence-electron chi connectivity index (χ4n) is 1.59. The zero-order chi connectivity index (χ0) is 11.1. The lowest BCUT2D eigenvalue weighted by Gasteiger charge is -2.26. The molecule has 0 radical (unpaired) electrons. The molecular weight excluding hydrogens is 194 g/mol. The van der Waals surface area contributed by atoms with Crippen LogP contribution >= 0.6 is 0 Å². The summed E-state index contributed by atoms with van der Waals surface area (Å²) in [5.41, 5.74) is 0. The predicted octanol–water partition coefficient (Wildman–Crippen LogP) is 1.17. The summed E-state index contributed by atoms with van der Waals surface area (Å²) in [6.45, 7) is 1.69. The van der Waals surface area contributed by atoms with Gasteiger partial charge >= 0.3 is 5.97 Å². The van der Waals surface area contributed by atoms with Gasteiger partial charge in [-0.25, -0.2) is 4.79 Å². The second kappa shape index (κ2) is 6.45. The van der Waals surface area contributed by atoms with Crippen LogP contribution < -0.4 is 0 Å². The quantitative estimate of drug-likeness (QED) is 0.519. The van der Waals surface area contributed by atoms with Crippen molar-refractivity contribution in [2.24, 2.45) is 0 Å². The molecule has 0 amide bonds. The molecule has 1 aliphatic heterocycles. The summed E-state index contributed by atoms with van der Waals surface area (Å²) in [5.74, 6) is -0.327. The molecular formula is C11H19NO3. The number of hydrogen-bond donors (Lipinski definition) is 0. The Hall–Kier alpha value is -1.03. The number of rotatable bonds is 4. The van der Waals surface area contributed by atoms with Crippen LogP contribution in [0.15, 0.2) is 12.3 Å². The van der Waals surface area contributed by atoms with Crippen LogP contribution in [0.25, 0.3) is 0 Å². The minimum Gasteiger partial charge on any atom is -0.466 e. The highest BCUT2D eigenvalue weighted by Crippen LogP contribution is 2.13. The van der Waals surface area contributed by atoms with E-state index in [2.05, 4.69) is 4.74 Å². The molecule has 1 saturated heterocycles. The lowest BCUT2D eigenvalue weighted by Crippen LogP contribution is -2.30. The van der Waals surface area contributed by atoms with Gasteiger partial charge in [0.15, 0.2) is 0 Å². The molecule has 1 atom stereocenters. The average molecular weight is 213 g/mol. The van der Waals surface area contributed by atoms with Crippen molar-refractivity contribution in [2.75, 3.05) is 27.3 Å². The van der Waals surface area contributed by atoms with Crippen LogP contribution in [-0.2, 0) is 14.3 Å². The Balaban J connectivity index is 2.24. The van der Waals surface area contributed by atoms with Gasteiger partial charge in [0.2, 0.25) is 0 Å². The molecule has 1 rings (SSSR count). The number of carbonyl (C=O) groups is 1. The minimum atomic E-state index is -0.327. The van der Waals surface area contributed by atoms with Crippen LogP contribution in [0.1, 0.15) is 19.3 Å². The molecule has 0 saturated carbocycles. The Morgan fingerprint density at radius 1 is 1.60 bits per heavy atom. The third-order valence-corrected chi connectivity index (χ3v) is 2.43. The second-order valence-electron chi connectivity index (χ2n) is 3.77. The van der Waals surface area contributed by atoms with Crippen LogP contribution in [0.3, 0.4) is 0 Å². The van der Waals surface area contributed by atoms with Crippen molar-refractivity contribution in [1.29, 1.82) is 0 Å². The van der Waals surface area contributed by atoms with E-state index < -0.39 is 0 Å². The van der Waals surface area contributed by atoms with Crippen molar-refractivity contribution in [1.82, 2.24) is 4.90 Å². The summed E-state index contributed by atoms with van der Waals surface area (Å²) >= 11 is 0. The zero-order valence-electron chi connectivity index (χ0n) is 9.44. The first-order valence-electron chi connectivity index (χ1n) is 5.30. The number of carbonyl (C=O) groups excluding carboxylic acids is 1. The molecule has 4 nitrogen and oxygen atoms in total. The normalized spacial score (nSPS) is 21.6. The third kappa shape index (κ3) is 4.83. The number of ether oxygens (including phenoxy) is 2. The molecule has 1 aliphatic rings. The molecule has 4 heteroatoms. The SMILES string of the molecule is COC(=O)C=CN(C)CC1CCCCO1. The summed E-state index contributed by atoms with van der Waals surface area (Å²) in [6, 6.07) is 0. The van der Waals surface area contributed by atoms with E-state index in [0.29, 0.717) is 6.10 Å². The maximum absolute atomic E-state index is 10.8. The van der Waals surface area contributed by atoms with Crippen LogP contribution in [0.4, 0.5) is 0 Å². The van der Waals surface area contributed by atoms with Crippen molar-refractivity contribution in [3.8, 4) is 0 Å². The summed E-state index contributed by atoms with van der Waals surface area (Å²) in [5, 5.41) is 0. The monoisotopic (exact) mass is 213 g/mol. The van der Waals surface area contributed by atoms with Gasteiger partial charge in [-0.15, -0.1) is 0 Å². The Labute approximate surface area is 90.8 Å². The van der Waals surface area contributed by atoms with Crippen molar-refractivity contribution < 1.29 is 14.3 Å². The Morgan fingerprint density at radius 3 is 3.00 bits per heavy atom. The van der Waals surface area contributed by atoms with E-state index in [0.717, 1.165) is 26.0 Å². The predicted molar refractivity (Wildman–Crippen MR) is 57.4 cm³/mol. The number of nitrogens with zero attached hydrogens (tertiary/aromatic N) is 1. The standard InChI is InChI=1S/C11H19NO3/c1-12(7-6-11(13)14-2)9-10-5-3-4-8-15-10/h6-7,10H,3-5,8-9H2,1-2H3. The van der Waals surface area contributed by atoms with E-state index in [1.807, 2.05) is 11.9 Å². The summed E-state index contributed by atoms with van der Waals surface area (Å²) in [4.78, 5) is 12.8. The van der Waals surface area contributed by atoms with E-state index in [4.69, 9.17) is 4.74 Å². The Bertz CT molecular complexity index is 222. The topological polar surface area (TPSA) is 38.8 Å². The number of likely N-dealkylation sites (N-methyl/N-ethyl adjacent to an activating group) is 1. The molecule has 0 aliphatic carbocycles. The molecule has 0 bridgehead atoms. The van der Waals surface area contributed by atoms with Gasteiger partial charge in [-0.05, 0) is 19.3 Å². The van der Waals surface area contributed by atoms with Gasteiger partial charge in [0.25, 0.3) is 0 Å². The molecule has 1 unspecified atom stereocenters. The number of hydrogen-bond acceptors (Lipinski definition) is 4. The van der Waals surface area contributed by atoms with Gasteiger partial charge in [-0.1, -0.05) is 0 Å². The first-order valence-corrected chi connectivity index (χ1v) is 5.30. The molecule has 86 valence electrons. The van der Waals surface area contributed by atoms with Crippen molar-refractivity contribution in [3.05, 3.63) is 12.3 Å². The zero-order valence-corrected chi connectivity index (χ0v) is 9.44. The average Bonchev–Trinajstić information content (AvgIpc) is 2.27. The second-order valence-corrected chi connectivity index (χ2v) is 3.77. The van der Waals surface area contributed by atoms with Crippen LogP contribution in [0.2, 0.25) is 0 Å². The van der Waals surface area contributed by atoms with Crippen LogP contribution in [0.5, 0.6) is 0 Å². The molecule has 1 fully saturated rings. The Kier molecular flexibility index (Phi) is 5.18. The van der Waals surface area contributed by atoms with Crippen molar-refractivity contribution in [3.63, 3.8) is 0 Å². The first kappa shape index (κ1) is 12.0. The maximum Gasteiger partial charge on any atom is 0.331 e. The summed E-state index contributed by atoms with van der Waals surface area (Å²) < 4.78 is 10.1. The van der Waals surface area contributed by atoms with Crippen LogP contribution in [-0.4, -0.2) is 44.3 Å². The highest BCUT2D eigenvalue weighted by molar-refractivity contribution is 5.81. The lowest BCUT2D eigenvalue weighted by atomic mass is 10.1. The molecule has 15 heavy (non-hydrogen) atoms. The lowest BCUT2D eigenvalue weighted by molar-refractivity contribution is -0.134. The highest BCUT2D eigenvalue weighted by atomic mass is 16.5. The van der Waals surface area contributed by atoms with E-state index in [9.17, 15) is 4.79 Å². The van der Waals surface area contributed by atoms with Crippen LogP contribution in [0, 0.1) is 0 Å². The fraction of sp³-hybridized carbons (Fsp3) is 0.727. The van der Waals surface area contributed by atoms with Crippen molar-refractivity contribution >= 4 is 5.97 Å². The smallest absolute Gasteiger partial charge is 0.331 e. The van der Waals surface area contributed by atoms with Gasteiger partial charge < -0.3 is 14.4 Å². The molecule has 0 aromatic rings. The van der Waals surface area contributed by atoms with E-state index in [1.165, 1.54) is 19.6 Å². The number of methoxy groups -OCH3 is 1. The first-order chi connectivity index (χ1) is 7.22. The summed E-state index contributed by atoms with van der Waals surface area (Å²) in [7, 11) is 3.30. The highest BCUT2D eigenvalue weighted by Gasteiger charge is 2.14. The van der Waals surface area contributed by atoms with Gasteiger partial charge in [-0.3, -0.25) is 0 Å². The van der Waals surface area contributed by atoms with E-state index in [1.54, 1.807) is 6.20 Å². The molecule has 0 N–H and O–H groups in total. The molecule has 0 aromatic carbocycles. The van der Waals surface area contributed by atoms with Gasteiger partial charge in [0.1, 0.15) is 0 Å².